The average molecular weight is 571 g/mol. The van der Waals surface area contributed by atoms with Gasteiger partial charge in [-0.15, -0.1) is 24.0 Å². The van der Waals surface area contributed by atoms with Crippen LogP contribution >= 0.6 is 24.0 Å². The monoisotopic (exact) mass is 571 g/mol. The maximum absolute atomic E-state index is 12.6. The van der Waals surface area contributed by atoms with Crippen molar-refractivity contribution in [3.63, 3.8) is 0 Å². The summed E-state index contributed by atoms with van der Waals surface area (Å²) in [5.41, 5.74) is 0.923. The molecule has 0 bridgehead atoms. The second-order valence-electron chi connectivity index (χ2n) is 6.52. The second kappa shape index (κ2) is 11.6. The Hall–Kier alpha value is -2.00. The summed E-state index contributed by atoms with van der Waals surface area (Å²) in [5, 5.41) is 6.77. The summed E-state index contributed by atoms with van der Waals surface area (Å²) in [6.45, 7) is -1.20. The smallest absolute Gasteiger partial charge is 0.387 e. The number of alkyl halides is 2. The third-order valence-electron chi connectivity index (χ3n) is 4.59. The summed E-state index contributed by atoms with van der Waals surface area (Å²) >= 11 is 0. The molecule has 1 fully saturated rings. The molecule has 13 heteroatoms. The van der Waals surface area contributed by atoms with Gasteiger partial charge in [-0.1, -0.05) is 23.4 Å². The Kier molecular flexibility index (Phi) is 9.43. The van der Waals surface area contributed by atoms with Crippen molar-refractivity contribution in [3.8, 4) is 5.75 Å². The molecule has 1 aliphatic rings. The van der Waals surface area contributed by atoms with Crippen molar-refractivity contribution in [1.82, 2.24) is 19.7 Å². The standard InChI is InChI=1S/C18H23F2N5O4S.HI/c1-21-18(22-12-14-4-2-3-5-16(14)29-17(19)20)24-7-9-25(10-8-24)30(26,27)13-15-6-11-28-23-15;/h2-6,11,17H,7-10,12-13H2,1H3,(H,21,22);1H. The molecule has 31 heavy (non-hydrogen) atoms. The predicted octanol–water partition coefficient (Wildman–Crippen LogP) is 2.12. The van der Waals surface area contributed by atoms with E-state index in [1.165, 1.54) is 22.7 Å². The van der Waals surface area contributed by atoms with Crippen LogP contribution in [0.5, 0.6) is 5.75 Å². The number of halogens is 3. The Morgan fingerprint density at radius 3 is 2.58 bits per heavy atom. The molecule has 2 aromatic rings. The molecule has 172 valence electrons. The number of nitrogens with zero attached hydrogens (tertiary/aromatic N) is 4. The Bertz CT molecular complexity index is 952. The average Bonchev–Trinajstić information content (AvgIpc) is 3.22. The summed E-state index contributed by atoms with van der Waals surface area (Å²) in [4.78, 5) is 6.13. The number of rotatable bonds is 7. The minimum absolute atomic E-state index is 0. The largest absolute Gasteiger partial charge is 0.434 e. The molecule has 9 nitrogen and oxygen atoms in total. The van der Waals surface area contributed by atoms with Crippen molar-refractivity contribution in [3.05, 3.63) is 47.9 Å². The van der Waals surface area contributed by atoms with Crippen molar-refractivity contribution >= 4 is 40.0 Å². The Labute approximate surface area is 196 Å². The van der Waals surface area contributed by atoms with Crippen LogP contribution in [-0.4, -0.2) is 68.6 Å². The van der Waals surface area contributed by atoms with Crippen LogP contribution in [-0.2, 0) is 22.3 Å². The van der Waals surface area contributed by atoms with Crippen molar-refractivity contribution in [2.75, 3.05) is 33.2 Å². The predicted molar refractivity (Wildman–Crippen MR) is 121 cm³/mol. The van der Waals surface area contributed by atoms with E-state index < -0.39 is 16.6 Å². The fourth-order valence-electron chi connectivity index (χ4n) is 3.14. The third kappa shape index (κ3) is 7.00. The number of guanidine groups is 1. The van der Waals surface area contributed by atoms with Crippen LogP contribution in [0.15, 0.2) is 46.1 Å². The summed E-state index contributed by atoms with van der Waals surface area (Å²) in [7, 11) is -1.89. The maximum Gasteiger partial charge on any atom is 0.387 e. The molecule has 0 spiro atoms. The highest BCUT2D eigenvalue weighted by Gasteiger charge is 2.29. The van der Waals surface area contributed by atoms with Gasteiger partial charge in [0.25, 0.3) is 0 Å². The van der Waals surface area contributed by atoms with E-state index >= 15 is 0 Å². The number of hydrogen-bond acceptors (Lipinski definition) is 6. The minimum atomic E-state index is -3.50. The van der Waals surface area contributed by atoms with Crippen molar-refractivity contribution < 1.29 is 26.5 Å². The summed E-state index contributed by atoms with van der Waals surface area (Å²) in [5.74, 6) is 0.437. The maximum atomic E-state index is 12.6. The lowest BCUT2D eigenvalue weighted by molar-refractivity contribution is -0.0504. The highest BCUT2D eigenvalue weighted by atomic mass is 127. The summed E-state index contributed by atoms with van der Waals surface area (Å²) in [6, 6.07) is 8.04. The van der Waals surface area contributed by atoms with Crippen molar-refractivity contribution in [2.24, 2.45) is 4.99 Å². The Morgan fingerprint density at radius 2 is 1.97 bits per heavy atom. The topological polar surface area (TPSA) is 100 Å². The Morgan fingerprint density at radius 1 is 1.26 bits per heavy atom. The van der Waals surface area contributed by atoms with E-state index in [0.717, 1.165) is 0 Å². The number of ether oxygens (including phenoxy) is 1. The number of sulfonamides is 1. The van der Waals surface area contributed by atoms with Crippen LogP contribution in [0, 0.1) is 0 Å². The van der Waals surface area contributed by atoms with Crippen LogP contribution in [0.3, 0.4) is 0 Å². The number of hydrogen-bond donors (Lipinski definition) is 1. The summed E-state index contributed by atoms with van der Waals surface area (Å²) < 4.78 is 60.9. The van der Waals surface area contributed by atoms with E-state index in [-0.39, 0.29) is 42.0 Å². The number of benzene rings is 1. The van der Waals surface area contributed by atoms with Crippen molar-refractivity contribution in [1.29, 1.82) is 0 Å². The number of para-hydroxylation sites is 1. The molecule has 0 unspecified atom stereocenters. The molecular formula is C18H24F2IN5O4S. The lowest BCUT2D eigenvalue weighted by Crippen LogP contribution is -2.53. The molecule has 1 aliphatic heterocycles. The first-order valence-electron chi connectivity index (χ1n) is 9.24. The van der Waals surface area contributed by atoms with Gasteiger partial charge in [0.05, 0.1) is 5.69 Å². The Balaban J connectivity index is 0.00000341. The van der Waals surface area contributed by atoms with Crippen LogP contribution in [0.4, 0.5) is 8.78 Å². The minimum Gasteiger partial charge on any atom is -0.434 e. The molecule has 1 N–H and O–H groups in total. The number of aliphatic imine (C=N–C) groups is 1. The van der Waals surface area contributed by atoms with Gasteiger partial charge in [0.1, 0.15) is 17.8 Å². The van der Waals surface area contributed by atoms with E-state index in [4.69, 9.17) is 0 Å². The number of nitrogens with one attached hydrogen (secondary N) is 1. The molecule has 2 heterocycles. The van der Waals surface area contributed by atoms with Gasteiger partial charge in [0.2, 0.25) is 10.0 Å². The SMILES string of the molecule is CN=C(NCc1ccccc1OC(F)F)N1CCN(S(=O)(=O)Cc2ccon2)CC1.I. The van der Waals surface area contributed by atoms with Gasteiger partial charge in [-0.25, -0.2) is 8.42 Å². The highest BCUT2D eigenvalue weighted by Crippen LogP contribution is 2.20. The van der Waals surface area contributed by atoms with E-state index in [2.05, 4.69) is 24.7 Å². The lowest BCUT2D eigenvalue weighted by Gasteiger charge is -2.35. The zero-order valence-electron chi connectivity index (χ0n) is 16.8. The fraction of sp³-hybridized carbons (Fsp3) is 0.444. The molecule has 0 saturated carbocycles. The third-order valence-corrected chi connectivity index (χ3v) is 6.40. The summed E-state index contributed by atoms with van der Waals surface area (Å²) in [6.07, 6.45) is 1.34. The van der Waals surface area contributed by atoms with E-state index in [1.54, 1.807) is 25.2 Å². The molecule has 1 saturated heterocycles. The zero-order chi connectivity index (χ0) is 21.6. The first-order valence-corrected chi connectivity index (χ1v) is 10.9. The van der Waals surface area contributed by atoms with E-state index in [9.17, 15) is 17.2 Å². The van der Waals surface area contributed by atoms with Gasteiger partial charge in [0.15, 0.2) is 5.96 Å². The molecule has 1 aromatic carbocycles. The van der Waals surface area contributed by atoms with Gasteiger partial charge in [-0.3, -0.25) is 4.99 Å². The number of piperazine rings is 1. The molecular weight excluding hydrogens is 547 g/mol. The molecule has 1 aromatic heterocycles. The van der Waals surface area contributed by atoms with E-state index in [0.29, 0.717) is 43.4 Å². The first-order chi connectivity index (χ1) is 14.4. The first kappa shape index (κ1) is 25.3. The molecule has 0 atom stereocenters. The van der Waals surface area contributed by atoms with Crippen LogP contribution in [0.2, 0.25) is 0 Å². The van der Waals surface area contributed by atoms with Gasteiger partial charge < -0.3 is 19.5 Å². The van der Waals surface area contributed by atoms with Gasteiger partial charge in [0, 0.05) is 51.4 Å². The lowest BCUT2D eigenvalue weighted by atomic mass is 10.2. The van der Waals surface area contributed by atoms with Crippen LogP contribution < -0.4 is 10.1 Å². The normalized spacial score (nSPS) is 15.6. The molecule has 0 amide bonds. The van der Waals surface area contributed by atoms with Gasteiger partial charge in [-0.2, -0.15) is 13.1 Å². The molecule has 3 rings (SSSR count). The molecule has 0 aliphatic carbocycles. The van der Waals surface area contributed by atoms with Gasteiger partial charge >= 0.3 is 6.61 Å². The zero-order valence-corrected chi connectivity index (χ0v) is 19.9. The van der Waals surface area contributed by atoms with Crippen LogP contribution in [0.25, 0.3) is 0 Å². The van der Waals surface area contributed by atoms with Gasteiger partial charge in [-0.05, 0) is 6.07 Å². The van der Waals surface area contributed by atoms with Crippen molar-refractivity contribution in [2.45, 2.75) is 18.9 Å². The second-order valence-corrected chi connectivity index (χ2v) is 8.49. The molecule has 0 radical (unpaired) electrons. The highest BCUT2D eigenvalue weighted by molar-refractivity contribution is 14.0. The number of aromatic nitrogens is 1. The van der Waals surface area contributed by atoms with E-state index in [1.807, 2.05) is 4.90 Å². The van der Waals surface area contributed by atoms with Crippen LogP contribution in [0.1, 0.15) is 11.3 Å². The fourth-order valence-corrected chi connectivity index (χ4v) is 4.56. The quantitative estimate of drug-likeness (QED) is 0.309.